The van der Waals surface area contributed by atoms with Gasteiger partial charge in [0.25, 0.3) is 5.08 Å². The SMILES string of the molecule is CC(O)(P(=O)(O)O)P(=O)(O)O.[Cl-].[NH4+]. The molecule has 0 aliphatic carbocycles. The van der Waals surface area contributed by atoms with Crippen LogP contribution in [0.25, 0.3) is 0 Å². The molecule has 0 spiro atoms. The van der Waals surface area contributed by atoms with E-state index in [0.717, 1.165) is 0 Å². The third-order valence-corrected chi connectivity index (χ3v) is 4.87. The van der Waals surface area contributed by atoms with Gasteiger partial charge in [0.2, 0.25) is 0 Å². The van der Waals surface area contributed by atoms with E-state index >= 15 is 0 Å². The summed E-state index contributed by atoms with van der Waals surface area (Å²) in [5.41, 5.74) is 0. The van der Waals surface area contributed by atoms with Crippen LogP contribution in [0.15, 0.2) is 0 Å². The van der Waals surface area contributed by atoms with Gasteiger partial charge >= 0.3 is 15.2 Å². The smallest absolute Gasteiger partial charge is 0.369 e. The van der Waals surface area contributed by atoms with Crippen LogP contribution in [0.1, 0.15) is 6.92 Å². The van der Waals surface area contributed by atoms with Crippen molar-refractivity contribution in [2.24, 2.45) is 0 Å². The summed E-state index contributed by atoms with van der Waals surface area (Å²) in [7, 11) is -10.4. The third kappa shape index (κ3) is 4.03. The van der Waals surface area contributed by atoms with Crippen molar-refractivity contribution < 1.29 is 46.2 Å². The van der Waals surface area contributed by atoms with E-state index in [1.54, 1.807) is 0 Å². The van der Waals surface area contributed by atoms with Gasteiger partial charge in [-0.1, -0.05) is 0 Å². The van der Waals surface area contributed by atoms with E-state index in [0.29, 0.717) is 6.92 Å². The lowest BCUT2D eigenvalue weighted by atomic mass is 10.9. The van der Waals surface area contributed by atoms with Crippen molar-refractivity contribution in [1.82, 2.24) is 6.15 Å². The van der Waals surface area contributed by atoms with E-state index in [9.17, 15) is 9.13 Å². The third-order valence-electron chi connectivity index (χ3n) is 1.10. The highest BCUT2D eigenvalue weighted by atomic mass is 35.5. The first kappa shape index (κ1) is 19.1. The highest BCUT2D eigenvalue weighted by molar-refractivity contribution is 7.71. The Labute approximate surface area is 80.3 Å². The van der Waals surface area contributed by atoms with Crippen LogP contribution in [0.2, 0.25) is 0 Å². The van der Waals surface area contributed by atoms with Gasteiger partial charge in [0.1, 0.15) is 0 Å². The van der Waals surface area contributed by atoms with Crippen molar-refractivity contribution >= 4 is 15.2 Å². The quantitative estimate of drug-likeness (QED) is 0.278. The number of rotatable bonds is 2. The Bertz CT molecular complexity index is 217. The lowest BCUT2D eigenvalue weighted by Crippen LogP contribution is -3.00. The van der Waals surface area contributed by atoms with Crippen LogP contribution in [0.4, 0.5) is 0 Å². The molecular weight excluding hydrogens is 247 g/mol. The molecule has 0 aliphatic heterocycles. The Morgan fingerprint density at radius 1 is 1.00 bits per heavy atom. The second-order valence-electron chi connectivity index (χ2n) is 2.06. The molecule has 0 fully saturated rings. The molecule has 0 saturated carbocycles. The largest absolute Gasteiger partial charge is 1.00 e. The fourth-order valence-electron chi connectivity index (χ4n) is 0.170. The summed E-state index contributed by atoms with van der Waals surface area (Å²) in [5, 5.41) is 5.37. The van der Waals surface area contributed by atoms with Gasteiger partial charge < -0.3 is 43.2 Å². The molecule has 0 heterocycles. The number of hydrogen-bond acceptors (Lipinski definition) is 3. The van der Waals surface area contributed by atoms with E-state index in [1.165, 1.54) is 0 Å². The fourth-order valence-corrected chi connectivity index (χ4v) is 1.53. The molecule has 84 valence electrons. The molecule has 0 rings (SSSR count). The molecule has 0 unspecified atom stereocenters. The zero-order chi connectivity index (χ0) is 9.50. The minimum atomic E-state index is -5.20. The Kier molecular flexibility index (Phi) is 7.12. The summed E-state index contributed by atoms with van der Waals surface area (Å²) in [6.07, 6.45) is 0. The molecule has 0 amide bonds. The predicted molar refractivity (Wildman–Crippen MR) is 40.7 cm³/mol. The Hall–Kier alpha value is 0.510. The highest BCUT2D eigenvalue weighted by Gasteiger charge is 2.55. The van der Waals surface area contributed by atoms with Gasteiger partial charge in [0.15, 0.2) is 0 Å². The van der Waals surface area contributed by atoms with Crippen molar-refractivity contribution in [1.29, 1.82) is 0 Å². The van der Waals surface area contributed by atoms with Crippen LogP contribution in [0.3, 0.4) is 0 Å². The van der Waals surface area contributed by atoms with E-state index in [4.69, 9.17) is 24.7 Å². The first-order chi connectivity index (χ1) is 4.50. The Balaban J connectivity index is -0.000000500. The molecule has 0 atom stereocenters. The average Bonchev–Trinajstić information content (AvgIpc) is 1.58. The van der Waals surface area contributed by atoms with E-state index in [1.807, 2.05) is 0 Å². The Morgan fingerprint density at radius 3 is 1.15 bits per heavy atom. The first-order valence-electron chi connectivity index (χ1n) is 2.34. The topological polar surface area (TPSA) is 172 Å². The number of aliphatic hydroxyl groups is 1. The molecule has 0 aromatic rings. The Morgan fingerprint density at radius 2 is 1.15 bits per heavy atom. The van der Waals surface area contributed by atoms with Gasteiger partial charge in [-0.25, -0.2) is 0 Å². The summed E-state index contributed by atoms with van der Waals surface area (Å²) < 4.78 is 20.5. The number of quaternary nitrogens is 1. The van der Waals surface area contributed by atoms with Crippen molar-refractivity contribution in [2.75, 3.05) is 0 Å². The molecule has 8 nitrogen and oxygen atoms in total. The standard InChI is InChI=1S/C2H8O7P2.ClH.H3N/c1-2(3,10(4,5)6)11(7,8)9;;/h3H,1H3,(H2,4,5,6)(H2,7,8,9);1H;1H3. The molecule has 9 N–H and O–H groups in total. The maximum absolute atomic E-state index is 10.3. The lowest BCUT2D eigenvalue weighted by Gasteiger charge is -2.24. The van der Waals surface area contributed by atoms with Crippen LogP contribution < -0.4 is 18.6 Å². The van der Waals surface area contributed by atoms with Crippen molar-refractivity contribution in [2.45, 2.75) is 12.0 Å². The van der Waals surface area contributed by atoms with Crippen LogP contribution in [0.5, 0.6) is 0 Å². The summed E-state index contributed by atoms with van der Waals surface area (Å²) in [6, 6.07) is 0. The molecule has 11 heteroatoms. The van der Waals surface area contributed by atoms with E-state index in [-0.39, 0.29) is 18.6 Å². The molecule has 0 aromatic heterocycles. The first-order valence-corrected chi connectivity index (χ1v) is 5.56. The summed E-state index contributed by atoms with van der Waals surface area (Å²) >= 11 is 0. The van der Waals surface area contributed by atoms with E-state index < -0.39 is 20.3 Å². The van der Waals surface area contributed by atoms with E-state index in [2.05, 4.69) is 0 Å². The molecule has 0 radical (unpaired) electrons. The van der Waals surface area contributed by atoms with Gasteiger partial charge in [-0.3, -0.25) is 9.13 Å². The molecule has 13 heavy (non-hydrogen) atoms. The van der Waals surface area contributed by atoms with Crippen LogP contribution in [-0.2, 0) is 9.13 Å². The maximum atomic E-state index is 10.3. The number of hydrogen-bond donors (Lipinski definition) is 6. The maximum Gasteiger partial charge on any atom is 0.369 e. The minimum Gasteiger partial charge on any atom is -1.00 e. The van der Waals surface area contributed by atoms with Crippen molar-refractivity contribution in [3.8, 4) is 0 Å². The second-order valence-corrected chi connectivity index (χ2v) is 6.33. The van der Waals surface area contributed by atoms with Gasteiger partial charge in [-0.2, -0.15) is 0 Å². The molecule has 0 bridgehead atoms. The minimum absolute atomic E-state index is 0. The molecule has 0 aromatic carbocycles. The van der Waals surface area contributed by atoms with Crippen molar-refractivity contribution in [3.05, 3.63) is 0 Å². The zero-order valence-corrected chi connectivity index (χ0v) is 9.37. The van der Waals surface area contributed by atoms with Gasteiger partial charge in [-0.05, 0) is 6.92 Å². The summed E-state index contributed by atoms with van der Waals surface area (Å²) in [4.78, 5) is 33.0. The number of halogens is 1. The summed E-state index contributed by atoms with van der Waals surface area (Å²) in [5.74, 6) is 0. The second kappa shape index (κ2) is 4.84. The fraction of sp³-hybridized carbons (Fsp3) is 1.00. The lowest BCUT2D eigenvalue weighted by molar-refractivity contribution is -0.0000137. The predicted octanol–water partition coefficient (Wildman–Crippen LogP) is -3.61. The molecule has 0 saturated heterocycles. The van der Waals surface area contributed by atoms with Gasteiger partial charge in [0.05, 0.1) is 0 Å². The van der Waals surface area contributed by atoms with Crippen LogP contribution in [-0.4, -0.2) is 29.8 Å². The molecule has 0 aliphatic rings. The average molecular weight is 260 g/mol. The zero-order valence-electron chi connectivity index (χ0n) is 6.82. The van der Waals surface area contributed by atoms with Crippen LogP contribution in [0, 0.1) is 0 Å². The van der Waals surface area contributed by atoms with Gasteiger partial charge in [0, 0.05) is 0 Å². The normalized spacial score (nSPS) is 12.8. The van der Waals surface area contributed by atoms with Gasteiger partial charge in [-0.15, -0.1) is 0 Å². The highest BCUT2D eigenvalue weighted by Crippen LogP contribution is 2.66. The molecular formula is C2H12ClNO7P2. The monoisotopic (exact) mass is 259 g/mol. The van der Waals surface area contributed by atoms with Crippen LogP contribution >= 0.6 is 15.2 Å². The van der Waals surface area contributed by atoms with Crippen molar-refractivity contribution in [3.63, 3.8) is 0 Å². The summed E-state index contributed by atoms with van der Waals surface area (Å²) in [6.45, 7) is 0.383.